The van der Waals surface area contributed by atoms with Crippen LogP contribution in [-0.4, -0.2) is 31.3 Å². The molecule has 1 aromatic heterocycles. The van der Waals surface area contributed by atoms with E-state index in [0.29, 0.717) is 17.1 Å². The van der Waals surface area contributed by atoms with Gasteiger partial charge in [-0.25, -0.2) is 0 Å². The molecule has 0 radical (unpaired) electrons. The number of hydrogen-bond donors (Lipinski definition) is 2. The van der Waals surface area contributed by atoms with E-state index in [1.807, 2.05) is 30.5 Å². The molecule has 0 saturated heterocycles. The van der Waals surface area contributed by atoms with Crippen LogP contribution in [0.3, 0.4) is 0 Å². The Labute approximate surface area is 207 Å². The van der Waals surface area contributed by atoms with E-state index in [9.17, 15) is 0 Å². The number of nitrogens with zero attached hydrogens (tertiary/aromatic N) is 1. The summed E-state index contributed by atoms with van der Waals surface area (Å²) in [4.78, 5) is 4.43. The Morgan fingerprint density at radius 3 is 2.22 bits per heavy atom. The highest BCUT2D eigenvalue weighted by Crippen LogP contribution is 2.28. The van der Waals surface area contributed by atoms with Crippen molar-refractivity contribution < 1.29 is 9.47 Å². The van der Waals surface area contributed by atoms with Crippen molar-refractivity contribution in [2.75, 3.05) is 19.5 Å². The van der Waals surface area contributed by atoms with Gasteiger partial charge in [-0.2, -0.15) is 0 Å². The molecule has 3 aromatic rings. The van der Waals surface area contributed by atoms with Gasteiger partial charge in [-0.3, -0.25) is 4.98 Å². The molecule has 0 bridgehead atoms. The van der Waals surface area contributed by atoms with Gasteiger partial charge < -0.3 is 20.1 Å². The smallest absolute Gasteiger partial charge is 0.122 e. The van der Waals surface area contributed by atoms with Crippen LogP contribution in [0.2, 0.25) is 5.02 Å². The second-order valence-corrected chi connectivity index (χ2v) is 8.25. The lowest BCUT2D eigenvalue weighted by Crippen LogP contribution is -2.36. The van der Waals surface area contributed by atoms with Gasteiger partial charge in [-0.1, -0.05) is 11.6 Å². The van der Waals surface area contributed by atoms with Crippen LogP contribution in [0.4, 0.5) is 5.69 Å². The van der Waals surface area contributed by atoms with Gasteiger partial charge in [0.05, 0.1) is 19.7 Å². The van der Waals surface area contributed by atoms with E-state index in [-0.39, 0.29) is 24.8 Å². The van der Waals surface area contributed by atoms with Gasteiger partial charge in [-0.05, 0) is 67.6 Å². The maximum absolute atomic E-state index is 6.11. The third-order valence-corrected chi connectivity index (χ3v) is 6.03. The normalized spacial score (nSPS) is 17.7. The largest absolute Gasteiger partial charge is 0.497 e. The number of aromatic nitrogens is 1. The summed E-state index contributed by atoms with van der Waals surface area (Å²) >= 11 is 6.11. The molecule has 174 valence electrons. The number of halogens is 3. The first-order valence-electron chi connectivity index (χ1n) is 10.4. The highest BCUT2D eigenvalue weighted by Gasteiger charge is 2.21. The lowest BCUT2D eigenvalue weighted by atomic mass is 9.90. The molecule has 5 nitrogen and oxygen atoms in total. The Kier molecular flexibility index (Phi) is 10.2. The topological polar surface area (TPSA) is 55.4 Å². The molecule has 0 aliphatic heterocycles. The molecular formula is C24H30Cl3N3O2. The number of benzene rings is 2. The van der Waals surface area contributed by atoms with E-state index in [4.69, 9.17) is 21.1 Å². The van der Waals surface area contributed by atoms with Gasteiger partial charge in [0, 0.05) is 47.0 Å². The van der Waals surface area contributed by atoms with E-state index in [1.54, 1.807) is 14.2 Å². The number of hydrogen-bond acceptors (Lipinski definition) is 5. The van der Waals surface area contributed by atoms with Crippen LogP contribution in [0.15, 0.2) is 48.7 Å². The third-order valence-electron chi connectivity index (χ3n) is 5.80. The molecule has 1 aliphatic rings. The molecule has 32 heavy (non-hydrogen) atoms. The molecule has 4 rings (SSSR count). The number of ether oxygens (including phenoxy) is 2. The second kappa shape index (κ2) is 12.4. The van der Waals surface area contributed by atoms with E-state index in [2.05, 4.69) is 33.8 Å². The highest BCUT2D eigenvalue weighted by molar-refractivity contribution is 6.31. The maximum Gasteiger partial charge on any atom is 0.122 e. The van der Waals surface area contributed by atoms with Crippen LogP contribution in [0, 0.1) is 0 Å². The molecule has 1 saturated carbocycles. The molecule has 0 atom stereocenters. The summed E-state index contributed by atoms with van der Waals surface area (Å²) < 4.78 is 10.7. The zero-order valence-corrected chi connectivity index (χ0v) is 20.7. The van der Waals surface area contributed by atoms with Crippen LogP contribution < -0.4 is 20.1 Å². The zero-order chi connectivity index (χ0) is 20.9. The second-order valence-electron chi connectivity index (χ2n) is 7.81. The summed E-state index contributed by atoms with van der Waals surface area (Å²) in [6.07, 6.45) is 6.41. The van der Waals surface area contributed by atoms with Crippen molar-refractivity contribution in [3.05, 3.63) is 59.2 Å². The molecule has 1 heterocycles. The van der Waals surface area contributed by atoms with Gasteiger partial charge in [0.1, 0.15) is 11.5 Å². The highest BCUT2D eigenvalue weighted by atomic mass is 35.5. The van der Waals surface area contributed by atoms with Crippen molar-refractivity contribution in [3.8, 4) is 11.5 Å². The summed E-state index contributed by atoms with van der Waals surface area (Å²) in [5, 5.41) is 9.26. The molecule has 2 N–H and O–H groups in total. The van der Waals surface area contributed by atoms with Gasteiger partial charge in [0.2, 0.25) is 0 Å². The fourth-order valence-electron chi connectivity index (χ4n) is 4.14. The quantitative estimate of drug-likeness (QED) is 0.402. The fourth-order valence-corrected chi connectivity index (χ4v) is 4.31. The number of nitrogens with one attached hydrogen (secondary N) is 2. The number of pyridine rings is 1. The van der Waals surface area contributed by atoms with Crippen molar-refractivity contribution in [3.63, 3.8) is 0 Å². The Morgan fingerprint density at radius 2 is 1.56 bits per heavy atom. The van der Waals surface area contributed by atoms with E-state index < -0.39 is 0 Å². The minimum absolute atomic E-state index is 0. The van der Waals surface area contributed by atoms with Gasteiger partial charge in [-0.15, -0.1) is 24.8 Å². The predicted octanol–water partition coefficient (Wildman–Crippen LogP) is 6.26. The monoisotopic (exact) mass is 497 g/mol. The fraction of sp³-hybridized carbons (Fsp3) is 0.375. The predicted molar refractivity (Wildman–Crippen MR) is 137 cm³/mol. The molecule has 2 aromatic carbocycles. The first-order chi connectivity index (χ1) is 14.6. The summed E-state index contributed by atoms with van der Waals surface area (Å²) in [5.74, 6) is 1.65. The number of rotatable bonds is 7. The van der Waals surface area contributed by atoms with Crippen LogP contribution in [-0.2, 0) is 6.54 Å². The maximum atomic E-state index is 6.11. The summed E-state index contributed by atoms with van der Waals surface area (Å²) in [6.45, 7) is 0.812. The molecule has 0 spiro atoms. The Morgan fingerprint density at radius 1 is 0.906 bits per heavy atom. The van der Waals surface area contributed by atoms with Gasteiger partial charge in [0.25, 0.3) is 0 Å². The van der Waals surface area contributed by atoms with Crippen molar-refractivity contribution in [2.45, 2.75) is 44.3 Å². The molecule has 0 unspecified atom stereocenters. The molecule has 1 fully saturated rings. The minimum atomic E-state index is 0. The molecule has 0 amide bonds. The van der Waals surface area contributed by atoms with Crippen LogP contribution in [0.25, 0.3) is 10.9 Å². The van der Waals surface area contributed by atoms with Crippen LogP contribution in [0.5, 0.6) is 11.5 Å². The third kappa shape index (κ3) is 6.55. The lowest BCUT2D eigenvalue weighted by molar-refractivity contribution is 0.352. The van der Waals surface area contributed by atoms with Crippen LogP contribution >= 0.6 is 36.4 Å². The SMILES string of the molecule is COc1cc(CNC2CCC(Nc3ccnc4cc(Cl)ccc34)CC2)cc(OC)c1.Cl.Cl. The zero-order valence-electron chi connectivity index (χ0n) is 18.3. The first kappa shape index (κ1) is 26.3. The Hall–Kier alpha value is -1.92. The van der Waals surface area contributed by atoms with Gasteiger partial charge in [0.15, 0.2) is 0 Å². The van der Waals surface area contributed by atoms with Crippen molar-refractivity contribution in [1.82, 2.24) is 10.3 Å². The van der Waals surface area contributed by atoms with E-state index in [1.165, 1.54) is 5.56 Å². The summed E-state index contributed by atoms with van der Waals surface area (Å²) in [7, 11) is 3.36. The minimum Gasteiger partial charge on any atom is -0.497 e. The first-order valence-corrected chi connectivity index (χ1v) is 10.8. The lowest BCUT2D eigenvalue weighted by Gasteiger charge is -2.30. The molecule has 1 aliphatic carbocycles. The number of anilines is 1. The number of fused-ring (bicyclic) bond motifs is 1. The van der Waals surface area contributed by atoms with Crippen molar-refractivity contribution >= 4 is 53.0 Å². The molecule has 8 heteroatoms. The van der Waals surface area contributed by atoms with Crippen molar-refractivity contribution in [1.29, 1.82) is 0 Å². The summed E-state index contributed by atoms with van der Waals surface area (Å²) in [6, 6.07) is 14.9. The average molecular weight is 499 g/mol. The Balaban J connectivity index is 0.00000181. The summed E-state index contributed by atoms with van der Waals surface area (Å²) in [5.41, 5.74) is 3.24. The molecular weight excluding hydrogens is 469 g/mol. The van der Waals surface area contributed by atoms with Gasteiger partial charge >= 0.3 is 0 Å². The Bertz CT molecular complexity index is 989. The standard InChI is InChI=1S/C24H28ClN3O2.2ClH/c1-29-20-11-16(12-21(14-20)30-2)15-27-18-4-6-19(7-5-18)28-23-9-10-26-24-13-17(25)3-8-22(23)24;;/h3,8-14,18-19,27H,4-7,15H2,1-2H3,(H,26,28);2*1H. The van der Waals surface area contributed by atoms with E-state index >= 15 is 0 Å². The van der Waals surface area contributed by atoms with E-state index in [0.717, 1.165) is 60.3 Å². The van der Waals surface area contributed by atoms with Crippen LogP contribution in [0.1, 0.15) is 31.2 Å². The average Bonchev–Trinajstić information content (AvgIpc) is 2.78. The number of methoxy groups -OCH3 is 2. The van der Waals surface area contributed by atoms with Crippen molar-refractivity contribution in [2.24, 2.45) is 0 Å².